The second-order valence-corrected chi connectivity index (χ2v) is 3.80. The van der Waals surface area contributed by atoms with E-state index in [1.54, 1.807) is 0 Å². The second-order valence-electron chi connectivity index (χ2n) is 3.80. The predicted octanol–water partition coefficient (Wildman–Crippen LogP) is 2.51. The van der Waals surface area contributed by atoms with E-state index >= 15 is 0 Å². The van der Waals surface area contributed by atoms with Crippen molar-refractivity contribution in [1.82, 2.24) is 0 Å². The average molecular weight is 209 g/mol. The molecule has 0 unspecified atom stereocenters. The molecule has 0 saturated heterocycles. The summed E-state index contributed by atoms with van der Waals surface area (Å²) >= 11 is 0. The summed E-state index contributed by atoms with van der Waals surface area (Å²) in [6.07, 6.45) is 8.73. The molecule has 15 heavy (non-hydrogen) atoms. The molecule has 1 aliphatic rings. The lowest BCUT2D eigenvalue weighted by atomic mass is 10.1. The molecular weight excluding hydrogens is 190 g/mol. The van der Waals surface area contributed by atoms with Crippen LogP contribution in [-0.2, 0) is 9.53 Å². The number of methoxy groups -OCH3 is 1. The van der Waals surface area contributed by atoms with Crippen molar-refractivity contribution < 1.29 is 9.53 Å². The van der Waals surface area contributed by atoms with Gasteiger partial charge in [0, 0.05) is 11.8 Å². The molecule has 84 valence electrons. The van der Waals surface area contributed by atoms with Crippen LogP contribution >= 0.6 is 0 Å². The lowest BCUT2D eigenvalue weighted by Crippen LogP contribution is -1.98. The maximum Gasteiger partial charge on any atom is 0.330 e. The molecule has 0 aromatic heterocycles. The van der Waals surface area contributed by atoms with Gasteiger partial charge in [0.15, 0.2) is 0 Å². The first-order chi connectivity index (χ1) is 7.26. The molecule has 1 aliphatic heterocycles. The third-order valence-electron chi connectivity index (χ3n) is 2.53. The SMILES string of the molecule is CCCC1=N[C@H](C/C=C/C(=O)OC)CC1. The summed E-state index contributed by atoms with van der Waals surface area (Å²) < 4.78 is 4.51. The van der Waals surface area contributed by atoms with Gasteiger partial charge in [-0.15, -0.1) is 0 Å². The minimum absolute atomic E-state index is 0.286. The molecule has 0 amide bonds. The molecule has 0 aliphatic carbocycles. The Hall–Kier alpha value is -1.12. The number of aliphatic imine (C=N–C) groups is 1. The third kappa shape index (κ3) is 4.28. The molecule has 1 heterocycles. The summed E-state index contributed by atoms with van der Waals surface area (Å²) in [7, 11) is 1.39. The number of carbonyl (C=O) groups is 1. The van der Waals surface area contributed by atoms with Crippen LogP contribution in [-0.4, -0.2) is 24.8 Å². The summed E-state index contributed by atoms with van der Waals surface area (Å²) in [4.78, 5) is 15.4. The van der Waals surface area contributed by atoms with E-state index in [1.807, 2.05) is 6.08 Å². The van der Waals surface area contributed by atoms with Crippen LogP contribution in [0.2, 0.25) is 0 Å². The van der Waals surface area contributed by atoms with E-state index in [4.69, 9.17) is 0 Å². The Kier molecular flexibility index (Phi) is 5.08. The van der Waals surface area contributed by atoms with Gasteiger partial charge < -0.3 is 4.74 Å². The lowest BCUT2D eigenvalue weighted by Gasteiger charge is -2.00. The van der Waals surface area contributed by atoms with Gasteiger partial charge in [0.05, 0.1) is 13.2 Å². The molecule has 1 atom stereocenters. The summed E-state index contributed by atoms with van der Waals surface area (Å²) in [5.41, 5.74) is 1.34. The summed E-state index contributed by atoms with van der Waals surface area (Å²) in [6, 6.07) is 0.382. The lowest BCUT2D eigenvalue weighted by molar-refractivity contribution is -0.134. The molecule has 3 heteroatoms. The van der Waals surface area contributed by atoms with E-state index in [-0.39, 0.29) is 5.97 Å². The van der Waals surface area contributed by atoms with Gasteiger partial charge in [0.1, 0.15) is 0 Å². The van der Waals surface area contributed by atoms with Crippen molar-refractivity contribution in [3.8, 4) is 0 Å². The van der Waals surface area contributed by atoms with Crippen LogP contribution in [0.1, 0.15) is 39.0 Å². The van der Waals surface area contributed by atoms with Gasteiger partial charge in [-0.25, -0.2) is 4.79 Å². The Labute approximate surface area is 91.2 Å². The van der Waals surface area contributed by atoms with Crippen molar-refractivity contribution in [3.63, 3.8) is 0 Å². The summed E-state index contributed by atoms with van der Waals surface area (Å²) in [5, 5.41) is 0. The standard InChI is InChI=1S/C12H19NO2/c1-3-5-10-8-9-11(13-10)6-4-7-12(14)15-2/h4,7,11H,3,5-6,8-9H2,1-2H3/b7-4+/t11-/m1/s1. The van der Waals surface area contributed by atoms with E-state index in [0.717, 1.165) is 25.7 Å². The molecular formula is C12H19NO2. The first-order valence-corrected chi connectivity index (χ1v) is 5.56. The minimum Gasteiger partial charge on any atom is -0.466 e. The predicted molar refractivity (Wildman–Crippen MR) is 61.1 cm³/mol. The first-order valence-electron chi connectivity index (χ1n) is 5.56. The van der Waals surface area contributed by atoms with Crippen LogP contribution in [0.25, 0.3) is 0 Å². The van der Waals surface area contributed by atoms with Crippen LogP contribution in [0.3, 0.4) is 0 Å². The minimum atomic E-state index is -0.286. The average Bonchev–Trinajstić information content (AvgIpc) is 2.66. The van der Waals surface area contributed by atoms with Crippen LogP contribution in [0.15, 0.2) is 17.1 Å². The zero-order chi connectivity index (χ0) is 11.1. The number of carbonyl (C=O) groups excluding carboxylic acids is 1. The maximum atomic E-state index is 10.8. The Morgan fingerprint density at radius 2 is 2.47 bits per heavy atom. The molecule has 1 rings (SSSR count). The monoisotopic (exact) mass is 209 g/mol. The van der Waals surface area contributed by atoms with Gasteiger partial charge >= 0.3 is 5.97 Å². The van der Waals surface area contributed by atoms with Crippen molar-refractivity contribution in [2.45, 2.75) is 45.1 Å². The van der Waals surface area contributed by atoms with E-state index in [2.05, 4.69) is 16.7 Å². The van der Waals surface area contributed by atoms with Crippen LogP contribution in [0.5, 0.6) is 0 Å². The third-order valence-corrected chi connectivity index (χ3v) is 2.53. The van der Waals surface area contributed by atoms with Crippen molar-refractivity contribution >= 4 is 11.7 Å². The fraction of sp³-hybridized carbons (Fsp3) is 0.667. The molecule has 0 saturated carbocycles. The molecule has 0 fully saturated rings. The van der Waals surface area contributed by atoms with Gasteiger partial charge in [-0.3, -0.25) is 4.99 Å². The molecule has 3 nitrogen and oxygen atoms in total. The Bertz CT molecular complexity index is 269. The van der Waals surface area contributed by atoms with Crippen molar-refractivity contribution in [2.24, 2.45) is 4.99 Å². The molecule has 0 radical (unpaired) electrons. The van der Waals surface area contributed by atoms with Gasteiger partial charge in [-0.1, -0.05) is 19.4 Å². The Morgan fingerprint density at radius 3 is 3.13 bits per heavy atom. The Morgan fingerprint density at radius 1 is 1.67 bits per heavy atom. The number of hydrogen-bond acceptors (Lipinski definition) is 3. The number of rotatable bonds is 5. The highest BCUT2D eigenvalue weighted by Crippen LogP contribution is 2.19. The van der Waals surface area contributed by atoms with Crippen molar-refractivity contribution in [3.05, 3.63) is 12.2 Å². The Balaban J connectivity index is 2.29. The van der Waals surface area contributed by atoms with Crippen LogP contribution in [0.4, 0.5) is 0 Å². The quantitative estimate of drug-likeness (QED) is 0.515. The van der Waals surface area contributed by atoms with Crippen LogP contribution in [0, 0.1) is 0 Å². The fourth-order valence-corrected chi connectivity index (χ4v) is 1.76. The van der Waals surface area contributed by atoms with Crippen LogP contribution < -0.4 is 0 Å². The van der Waals surface area contributed by atoms with Gasteiger partial charge in [0.2, 0.25) is 0 Å². The smallest absolute Gasteiger partial charge is 0.330 e. The van der Waals surface area contributed by atoms with E-state index in [0.29, 0.717) is 6.04 Å². The highest BCUT2D eigenvalue weighted by atomic mass is 16.5. The molecule has 0 N–H and O–H groups in total. The first kappa shape index (κ1) is 12.0. The van der Waals surface area contributed by atoms with Gasteiger partial charge in [0.25, 0.3) is 0 Å². The van der Waals surface area contributed by atoms with E-state index in [1.165, 1.54) is 25.3 Å². The number of ether oxygens (including phenoxy) is 1. The molecule has 0 aromatic carbocycles. The largest absolute Gasteiger partial charge is 0.466 e. The number of esters is 1. The second kappa shape index (κ2) is 6.38. The van der Waals surface area contributed by atoms with Crippen molar-refractivity contribution in [2.75, 3.05) is 7.11 Å². The van der Waals surface area contributed by atoms with Gasteiger partial charge in [-0.2, -0.15) is 0 Å². The molecule has 0 bridgehead atoms. The van der Waals surface area contributed by atoms with Crippen molar-refractivity contribution in [1.29, 1.82) is 0 Å². The topological polar surface area (TPSA) is 38.7 Å². The molecule has 0 aromatic rings. The zero-order valence-corrected chi connectivity index (χ0v) is 9.53. The summed E-state index contributed by atoms with van der Waals surface area (Å²) in [6.45, 7) is 2.17. The normalized spacial score (nSPS) is 20.7. The fourth-order valence-electron chi connectivity index (χ4n) is 1.76. The number of nitrogens with zero attached hydrogens (tertiary/aromatic N) is 1. The zero-order valence-electron chi connectivity index (χ0n) is 9.53. The number of hydrogen-bond donors (Lipinski definition) is 0. The maximum absolute atomic E-state index is 10.8. The van der Waals surface area contributed by atoms with E-state index < -0.39 is 0 Å². The highest BCUT2D eigenvalue weighted by molar-refractivity contribution is 5.86. The highest BCUT2D eigenvalue weighted by Gasteiger charge is 2.15. The molecule has 0 spiro atoms. The van der Waals surface area contributed by atoms with Gasteiger partial charge in [-0.05, 0) is 25.7 Å². The summed E-state index contributed by atoms with van der Waals surface area (Å²) in [5.74, 6) is -0.286. The van der Waals surface area contributed by atoms with E-state index in [9.17, 15) is 4.79 Å².